The zero-order valence-electron chi connectivity index (χ0n) is 38.8. The molecule has 0 N–H and O–H groups in total. The molecule has 0 aromatic heterocycles. The Hall–Kier alpha value is -1.14. The summed E-state index contributed by atoms with van der Waals surface area (Å²) in [6, 6.07) is 0. The van der Waals surface area contributed by atoms with Crippen LogP contribution in [-0.2, 0) is 23.8 Å². The first-order chi connectivity index (χ1) is 27.4. The minimum absolute atomic E-state index is 0.00124. The molecular weight excluding hydrogens is 695 g/mol. The van der Waals surface area contributed by atoms with Crippen molar-refractivity contribution in [2.75, 3.05) is 39.5 Å². The molecule has 0 radical (unpaired) electrons. The second-order valence-corrected chi connectivity index (χ2v) is 17.2. The molecule has 0 rings (SSSR count). The van der Waals surface area contributed by atoms with Gasteiger partial charge < -0.3 is 19.1 Å². The third-order valence-electron chi connectivity index (χ3n) is 12.1. The SMILES string of the molecule is CCCCCC(CCCCC)CCOC(=O)CCCCCCCC(CCCCCCCC(=O)OCCC(CCCCC)CCCCC)OCCCN(CC)CC. The van der Waals surface area contributed by atoms with E-state index in [9.17, 15) is 9.59 Å². The lowest BCUT2D eigenvalue weighted by atomic mass is 9.92. The number of carbonyl (C=O) groups is 2. The number of rotatable bonds is 45. The number of unbranched alkanes of at least 4 members (excludes halogenated alkanes) is 16. The van der Waals surface area contributed by atoms with Crippen molar-refractivity contribution in [2.24, 2.45) is 11.8 Å². The number of hydrogen-bond acceptors (Lipinski definition) is 6. The van der Waals surface area contributed by atoms with Crippen molar-refractivity contribution in [3.05, 3.63) is 0 Å². The smallest absolute Gasteiger partial charge is 0.305 e. The molecule has 6 heteroatoms. The fraction of sp³-hybridized carbons (Fsp3) is 0.960. The van der Waals surface area contributed by atoms with Crippen LogP contribution in [0, 0.1) is 11.8 Å². The van der Waals surface area contributed by atoms with Gasteiger partial charge in [0.25, 0.3) is 0 Å². The molecule has 0 amide bonds. The van der Waals surface area contributed by atoms with E-state index < -0.39 is 0 Å². The highest BCUT2D eigenvalue weighted by Crippen LogP contribution is 2.23. The minimum atomic E-state index is -0.00124. The van der Waals surface area contributed by atoms with Crippen LogP contribution in [0.25, 0.3) is 0 Å². The van der Waals surface area contributed by atoms with E-state index in [-0.39, 0.29) is 11.9 Å². The van der Waals surface area contributed by atoms with Gasteiger partial charge in [-0.05, 0) is 69.9 Å². The fourth-order valence-corrected chi connectivity index (χ4v) is 8.15. The molecule has 0 unspecified atom stereocenters. The first-order valence-electron chi connectivity index (χ1n) is 25.1. The molecule has 0 bridgehead atoms. The molecule has 6 nitrogen and oxygen atoms in total. The average molecular weight is 794 g/mol. The van der Waals surface area contributed by atoms with Crippen molar-refractivity contribution in [1.29, 1.82) is 0 Å². The van der Waals surface area contributed by atoms with Gasteiger partial charge in [-0.25, -0.2) is 0 Å². The lowest BCUT2D eigenvalue weighted by molar-refractivity contribution is -0.145. The lowest BCUT2D eigenvalue weighted by Crippen LogP contribution is -2.25. The summed E-state index contributed by atoms with van der Waals surface area (Å²) >= 11 is 0. The monoisotopic (exact) mass is 794 g/mol. The van der Waals surface area contributed by atoms with Gasteiger partial charge in [0.05, 0.1) is 19.3 Å². The van der Waals surface area contributed by atoms with Crippen molar-refractivity contribution < 1.29 is 23.8 Å². The van der Waals surface area contributed by atoms with Gasteiger partial charge in [0.15, 0.2) is 0 Å². The quantitative estimate of drug-likeness (QED) is 0.0452. The van der Waals surface area contributed by atoms with Crippen LogP contribution in [0.3, 0.4) is 0 Å². The second-order valence-electron chi connectivity index (χ2n) is 17.2. The van der Waals surface area contributed by atoms with E-state index in [2.05, 4.69) is 46.4 Å². The Balaban J connectivity index is 4.31. The predicted octanol–water partition coefficient (Wildman–Crippen LogP) is 15.0. The first kappa shape index (κ1) is 54.9. The zero-order chi connectivity index (χ0) is 41.2. The Morgan fingerprint density at radius 1 is 0.393 bits per heavy atom. The van der Waals surface area contributed by atoms with Crippen LogP contribution in [0.2, 0.25) is 0 Å². The van der Waals surface area contributed by atoms with Crippen LogP contribution >= 0.6 is 0 Å². The maximum Gasteiger partial charge on any atom is 0.305 e. The van der Waals surface area contributed by atoms with E-state index >= 15 is 0 Å². The van der Waals surface area contributed by atoms with E-state index in [0.29, 0.717) is 44.0 Å². The summed E-state index contributed by atoms with van der Waals surface area (Å²) in [6.45, 7) is 18.9. The van der Waals surface area contributed by atoms with Crippen LogP contribution in [0.15, 0.2) is 0 Å². The van der Waals surface area contributed by atoms with E-state index in [0.717, 1.165) is 84.0 Å². The van der Waals surface area contributed by atoms with Crippen molar-refractivity contribution in [2.45, 2.75) is 260 Å². The van der Waals surface area contributed by atoms with Crippen LogP contribution in [0.1, 0.15) is 253 Å². The maximum absolute atomic E-state index is 12.4. The molecular formula is C50H99NO5. The number of nitrogens with zero attached hydrogens (tertiary/aromatic N) is 1. The van der Waals surface area contributed by atoms with Gasteiger partial charge in [-0.15, -0.1) is 0 Å². The maximum atomic E-state index is 12.4. The summed E-state index contributed by atoms with van der Waals surface area (Å²) in [6.07, 6.45) is 38.9. The van der Waals surface area contributed by atoms with Gasteiger partial charge in [-0.3, -0.25) is 9.59 Å². The third kappa shape index (κ3) is 37.2. The molecule has 0 aromatic carbocycles. The standard InChI is InChI=1S/C50H99NO5/c1-7-13-23-32-46(33-24-14-8-2)40-44-55-49(52)38-29-21-17-19-27-36-48(54-43-31-42-51(11-5)12-6)37-28-20-18-22-30-39-50(53)56-45-41-47(34-25-15-9-3)35-26-16-10-4/h46-48H,7-45H2,1-6H3. The highest BCUT2D eigenvalue weighted by molar-refractivity contribution is 5.69. The van der Waals surface area contributed by atoms with Crippen molar-refractivity contribution in [3.63, 3.8) is 0 Å². The molecule has 0 aromatic rings. The predicted molar refractivity (Wildman–Crippen MR) is 241 cm³/mol. The van der Waals surface area contributed by atoms with E-state index in [4.69, 9.17) is 14.2 Å². The first-order valence-corrected chi connectivity index (χ1v) is 25.1. The molecule has 0 heterocycles. The van der Waals surface area contributed by atoms with Crippen LogP contribution in [0.5, 0.6) is 0 Å². The zero-order valence-corrected chi connectivity index (χ0v) is 38.8. The molecule has 0 fully saturated rings. The number of hydrogen-bond donors (Lipinski definition) is 0. The molecule has 0 atom stereocenters. The molecule has 56 heavy (non-hydrogen) atoms. The normalized spacial score (nSPS) is 11.8. The Morgan fingerprint density at radius 3 is 1.12 bits per heavy atom. The molecule has 0 aliphatic heterocycles. The van der Waals surface area contributed by atoms with Gasteiger partial charge in [-0.1, -0.05) is 196 Å². The molecule has 0 saturated heterocycles. The summed E-state index contributed by atoms with van der Waals surface area (Å²) in [4.78, 5) is 27.3. The Bertz CT molecular complexity index is 741. The summed E-state index contributed by atoms with van der Waals surface area (Å²) in [7, 11) is 0. The highest BCUT2D eigenvalue weighted by atomic mass is 16.5. The summed E-state index contributed by atoms with van der Waals surface area (Å²) < 4.78 is 17.8. The second kappa shape index (κ2) is 43.4. The van der Waals surface area contributed by atoms with Crippen molar-refractivity contribution in [3.8, 4) is 0 Å². The molecule has 0 aliphatic carbocycles. The number of carbonyl (C=O) groups excluding carboxylic acids is 2. The van der Waals surface area contributed by atoms with Gasteiger partial charge in [0.2, 0.25) is 0 Å². The van der Waals surface area contributed by atoms with Crippen LogP contribution < -0.4 is 0 Å². The Kier molecular flexibility index (Phi) is 42.6. The van der Waals surface area contributed by atoms with E-state index in [1.165, 1.54) is 141 Å². The van der Waals surface area contributed by atoms with Gasteiger partial charge in [-0.2, -0.15) is 0 Å². The van der Waals surface area contributed by atoms with Crippen molar-refractivity contribution >= 4 is 11.9 Å². The van der Waals surface area contributed by atoms with E-state index in [1.807, 2.05) is 0 Å². The largest absolute Gasteiger partial charge is 0.466 e. The lowest BCUT2D eigenvalue weighted by Gasteiger charge is -2.21. The van der Waals surface area contributed by atoms with Crippen molar-refractivity contribution in [1.82, 2.24) is 4.90 Å². The van der Waals surface area contributed by atoms with Gasteiger partial charge >= 0.3 is 11.9 Å². The van der Waals surface area contributed by atoms with E-state index in [1.54, 1.807) is 0 Å². The summed E-state index contributed by atoms with van der Waals surface area (Å²) in [5.74, 6) is 1.43. The highest BCUT2D eigenvalue weighted by Gasteiger charge is 2.13. The Morgan fingerprint density at radius 2 is 0.750 bits per heavy atom. The minimum Gasteiger partial charge on any atom is -0.466 e. The number of ether oxygens (including phenoxy) is 3. The molecule has 0 spiro atoms. The summed E-state index contributed by atoms with van der Waals surface area (Å²) in [5, 5.41) is 0. The van der Waals surface area contributed by atoms with Crippen LogP contribution in [0.4, 0.5) is 0 Å². The van der Waals surface area contributed by atoms with Crippen LogP contribution in [-0.4, -0.2) is 62.4 Å². The fourth-order valence-electron chi connectivity index (χ4n) is 8.15. The van der Waals surface area contributed by atoms with Gasteiger partial charge in [0.1, 0.15) is 0 Å². The average Bonchev–Trinajstić information content (AvgIpc) is 3.19. The third-order valence-corrected chi connectivity index (χ3v) is 12.1. The topological polar surface area (TPSA) is 65.1 Å². The molecule has 0 saturated carbocycles. The summed E-state index contributed by atoms with van der Waals surface area (Å²) in [5.41, 5.74) is 0. The number of esters is 2. The van der Waals surface area contributed by atoms with Gasteiger partial charge in [0, 0.05) is 26.0 Å². The Labute approximate surface area is 350 Å². The molecule has 334 valence electrons. The molecule has 0 aliphatic rings.